The second-order valence-corrected chi connectivity index (χ2v) is 7.88. The van der Waals surface area contributed by atoms with Crippen molar-refractivity contribution in [3.8, 4) is 0 Å². The number of carbonyl (C=O) groups excluding carboxylic acids is 2. The Bertz CT molecular complexity index is 1180. The van der Waals surface area contributed by atoms with Gasteiger partial charge in [-0.25, -0.2) is 4.68 Å². The summed E-state index contributed by atoms with van der Waals surface area (Å²) >= 11 is 11.6. The summed E-state index contributed by atoms with van der Waals surface area (Å²) in [6.45, 7) is 6.44. The second-order valence-electron chi connectivity index (χ2n) is 7.11. The van der Waals surface area contributed by atoms with Gasteiger partial charge in [0.2, 0.25) is 5.91 Å². The molecule has 2 N–H and O–H groups in total. The van der Waals surface area contributed by atoms with Crippen LogP contribution in [0.1, 0.15) is 34.2 Å². The first-order chi connectivity index (χ1) is 14.8. The quantitative estimate of drug-likeness (QED) is 0.519. The first kappa shape index (κ1) is 22.7. The minimum atomic E-state index is -0.271. The molecule has 0 aliphatic rings. The summed E-state index contributed by atoms with van der Waals surface area (Å²) in [6.07, 6.45) is 0. The molecule has 7 nitrogen and oxygen atoms in total. The van der Waals surface area contributed by atoms with E-state index in [0.29, 0.717) is 33.4 Å². The molecule has 0 saturated heterocycles. The number of amides is 2. The van der Waals surface area contributed by atoms with Crippen LogP contribution in [-0.2, 0) is 24.4 Å². The van der Waals surface area contributed by atoms with E-state index in [1.807, 2.05) is 45.0 Å². The standard InChI is InChI=1S/C22H24ClN5O2S/c1-4-27-19(12-24-21(30)17-8-6-5-7-14(17)2)26-28(22(27)31)13-20(29)25-16-10-9-15(3)18(23)11-16/h5-11H,4,12-13H2,1-3H3,(H,24,30)(H,25,29). The van der Waals surface area contributed by atoms with Crippen molar-refractivity contribution in [2.75, 3.05) is 5.32 Å². The monoisotopic (exact) mass is 457 g/mol. The van der Waals surface area contributed by atoms with Gasteiger partial charge in [0.1, 0.15) is 6.54 Å². The van der Waals surface area contributed by atoms with E-state index < -0.39 is 0 Å². The SMILES string of the molecule is CCn1c(CNC(=O)c2ccccc2C)nn(CC(=O)Nc2ccc(C)c(Cl)c2)c1=S. The van der Waals surface area contributed by atoms with Gasteiger partial charge in [-0.05, 0) is 62.3 Å². The van der Waals surface area contributed by atoms with Gasteiger partial charge >= 0.3 is 0 Å². The molecule has 9 heteroatoms. The van der Waals surface area contributed by atoms with Crippen molar-refractivity contribution in [3.05, 3.63) is 74.8 Å². The number of benzene rings is 2. The van der Waals surface area contributed by atoms with E-state index in [9.17, 15) is 9.59 Å². The Morgan fingerprint density at radius 2 is 1.87 bits per heavy atom. The predicted octanol–water partition coefficient (Wildman–Crippen LogP) is 4.27. The summed E-state index contributed by atoms with van der Waals surface area (Å²) < 4.78 is 3.67. The fourth-order valence-corrected chi connectivity index (χ4v) is 3.65. The zero-order chi connectivity index (χ0) is 22.5. The van der Waals surface area contributed by atoms with Gasteiger partial charge in [-0.3, -0.25) is 9.59 Å². The molecular weight excluding hydrogens is 434 g/mol. The molecule has 2 amide bonds. The summed E-state index contributed by atoms with van der Waals surface area (Å²) in [4.78, 5) is 25.0. The Hall–Kier alpha value is -2.97. The Kier molecular flexibility index (Phi) is 7.25. The number of nitrogens with zero attached hydrogens (tertiary/aromatic N) is 3. The van der Waals surface area contributed by atoms with Crippen LogP contribution in [0, 0.1) is 18.6 Å². The molecule has 2 aromatic carbocycles. The highest BCUT2D eigenvalue weighted by Gasteiger charge is 2.15. The molecule has 1 aromatic heterocycles. The number of hydrogen-bond acceptors (Lipinski definition) is 4. The lowest BCUT2D eigenvalue weighted by Gasteiger charge is -2.07. The minimum Gasteiger partial charge on any atom is -0.345 e. The first-order valence-electron chi connectivity index (χ1n) is 9.86. The highest BCUT2D eigenvalue weighted by Crippen LogP contribution is 2.20. The third-order valence-electron chi connectivity index (χ3n) is 4.86. The molecule has 0 fully saturated rings. The number of anilines is 1. The van der Waals surface area contributed by atoms with Crippen LogP contribution in [0.25, 0.3) is 0 Å². The molecule has 0 atom stereocenters. The molecule has 3 aromatic rings. The maximum absolute atomic E-state index is 12.5. The van der Waals surface area contributed by atoms with Crippen LogP contribution in [0.15, 0.2) is 42.5 Å². The zero-order valence-corrected chi connectivity index (χ0v) is 19.2. The van der Waals surface area contributed by atoms with E-state index in [4.69, 9.17) is 23.8 Å². The van der Waals surface area contributed by atoms with Gasteiger partial charge in [0.15, 0.2) is 10.6 Å². The molecule has 0 unspecified atom stereocenters. The molecular formula is C22H24ClN5O2S. The molecule has 31 heavy (non-hydrogen) atoms. The number of hydrogen-bond donors (Lipinski definition) is 2. The second kappa shape index (κ2) is 9.89. The maximum atomic E-state index is 12.5. The van der Waals surface area contributed by atoms with E-state index in [1.54, 1.807) is 22.8 Å². The predicted molar refractivity (Wildman–Crippen MR) is 124 cm³/mol. The van der Waals surface area contributed by atoms with E-state index in [2.05, 4.69) is 15.7 Å². The molecule has 0 spiro atoms. The van der Waals surface area contributed by atoms with Crippen molar-refractivity contribution >= 4 is 41.3 Å². The van der Waals surface area contributed by atoms with Gasteiger partial charge in [-0.2, -0.15) is 5.10 Å². The van der Waals surface area contributed by atoms with Crippen molar-refractivity contribution in [3.63, 3.8) is 0 Å². The third-order valence-corrected chi connectivity index (χ3v) is 5.70. The Morgan fingerprint density at radius 3 is 2.55 bits per heavy atom. The van der Waals surface area contributed by atoms with Crippen LogP contribution >= 0.6 is 23.8 Å². The lowest BCUT2D eigenvalue weighted by atomic mass is 10.1. The smallest absolute Gasteiger partial charge is 0.251 e. The third kappa shape index (κ3) is 5.39. The highest BCUT2D eigenvalue weighted by molar-refractivity contribution is 7.71. The summed E-state index contributed by atoms with van der Waals surface area (Å²) in [5, 5.41) is 10.7. The average Bonchev–Trinajstić information content (AvgIpc) is 3.03. The largest absolute Gasteiger partial charge is 0.345 e. The Labute approximate surface area is 191 Å². The maximum Gasteiger partial charge on any atom is 0.251 e. The van der Waals surface area contributed by atoms with Crippen molar-refractivity contribution in [1.29, 1.82) is 0 Å². The number of rotatable bonds is 7. The van der Waals surface area contributed by atoms with Crippen LogP contribution < -0.4 is 10.6 Å². The molecule has 0 saturated carbocycles. The van der Waals surface area contributed by atoms with E-state index in [1.165, 1.54) is 4.68 Å². The Morgan fingerprint density at radius 1 is 1.13 bits per heavy atom. The van der Waals surface area contributed by atoms with Crippen molar-refractivity contribution < 1.29 is 9.59 Å². The van der Waals surface area contributed by atoms with Gasteiger partial charge < -0.3 is 15.2 Å². The molecule has 0 aliphatic heterocycles. The van der Waals surface area contributed by atoms with Gasteiger partial charge in [-0.15, -0.1) is 0 Å². The van der Waals surface area contributed by atoms with Crippen LogP contribution in [0.4, 0.5) is 5.69 Å². The van der Waals surface area contributed by atoms with Gasteiger partial charge in [0.05, 0.1) is 6.54 Å². The molecule has 0 aliphatic carbocycles. The van der Waals surface area contributed by atoms with Crippen LogP contribution in [0.5, 0.6) is 0 Å². The lowest BCUT2D eigenvalue weighted by molar-refractivity contribution is -0.116. The number of aryl methyl sites for hydroxylation is 2. The van der Waals surface area contributed by atoms with Crippen LogP contribution in [0.2, 0.25) is 5.02 Å². The van der Waals surface area contributed by atoms with Crippen LogP contribution in [0.3, 0.4) is 0 Å². The molecule has 0 radical (unpaired) electrons. The molecule has 3 rings (SSSR count). The first-order valence-corrected chi connectivity index (χ1v) is 10.6. The van der Waals surface area contributed by atoms with E-state index in [0.717, 1.165) is 11.1 Å². The van der Waals surface area contributed by atoms with Crippen molar-refractivity contribution in [2.45, 2.75) is 40.4 Å². The molecule has 162 valence electrons. The number of carbonyl (C=O) groups is 2. The number of halogens is 1. The van der Waals surface area contributed by atoms with Gasteiger partial charge in [-0.1, -0.05) is 35.9 Å². The summed E-state index contributed by atoms with van der Waals surface area (Å²) in [5.41, 5.74) is 3.04. The molecule has 1 heterocycles. The summed E-state index contributed by atoms with van der Waals surface area (Å²) in [5.74, 6) is 0.128. The van der Waals surface area contributed by atoms with Gasteiger partial charge in [0.25, 0.3) is 5.91 Å². The Balaban J connectivity index is 1.70. The highest BCUT2D eigenvalue weighted by atomic mass is 35.5. The zero-order valence-electron chi connectivity index (χ0n) is 17.6. The lowest BCUT2D eigenvalue weighted by Crippen LogP contribution is -2.25. The average molecular weight is 458 g/mol. The topological polar surface area (TPSA) is 81.0 Å². The fourth-order valence-electron chi connectivity index (χ4n) is 3.13. The van der Waals surface area contributed by atoms with Crippen LogP contribution in [-0.4, -0.2) is 26.2 Å². The number of nitrogens with one attached hydrogen (secondary N) is 2. The number of aromatic nitrogens is 3. The van der Waals surface area contributed by atoms with Crippen molar-refractivity contribution in [1.82, 2.24) is 19.7 Å². The summed E-state index contributed by atoms with van der Waals surface area (Å²) in [7, 11) is 0. The van der Waals surface area contributed by atoms with E-state index >= 15 is 0 Å². The minimum absolute atomic E-state index is 0.0456. The van der Waals surface area contributed by atoms with Crippen molar-refractivity contribution in [2.24, 2.45) is 0 Å². The summed E-state index contributed by atoms with van der Waals surface area (Å²) in [6, 6.07) is 12.7. The molecule has 0 bridgehead atoms. The van der Waals surface area contributed by atoms with Gasteiger partial charge in [0, 0.05) is 22.8 Å². The van der Waals surface area contributed by atoms with E-state index in [-0.39, 0.29) is 24.9 Å². The normalized spacial score (nSPS) is 10.7. The fraction of sp³-hybridized carbons (Fsp3) is 0.273.